The lowest BCUT2D eigenvalue weighted by molar-refractivity contribution is 0.0667. The number of amides is 1. The number of carbonyl (C=O) groups is 1. The van der Waals surface area contributed by atoms with E-state index in [1.807, 2.05) is 30.3 Å². The minimum absolute atomic E-state index is 0.160. The number of carbonyl (C=O) groups excluding carboxylic acids is 1. The van der Waals surface area contributed by atoms with Gasteiger partial charge in [0.1, 0.15) is 0 Å². The van der Waals surface area contributed by atoms with Crippen LogP contribution in [-0.2, 0) is 0 Å². The maximum Gasteiger partial charge on any atom is 0.254 e. The third-order valence-corrected chi connectivity index (χ3v) is 4.29. The van der Waals surface area contributed by atoms with Crippen LogP contribution in [0.2, 0.25) is 0 Å². The first-order valence-corrected chi connectivity index (χ1v) is 8.15. The first kappa shape index (κ1) is 15.0. The van der Waals surface area contributed by atoms with Gasteiger partial charge in [0.05, 0.1) is 0 Å². The van der Waals surface area contributed by atoms with E-state index in [4.69, 9.17) is 0 Å². The Kier molecular flexibility index (Phi) is 4.44. The molecule has 2 aromatic carbocycles. The van der Waals surface area contributed by atoms with Gasteiger partial charge in [-0.3, -0.25) is 4.79 Å². The van der Waals surface area contributed by atoms with E-state index >= 15 is 0 Å². The number of hydrogen-bond acceptors (Lipinski definition) is 2. The molecule has 0 aliphatic carbocycles. The zero-order valence-electron chi connectivity index (χ0n) is 13.4. The molecule has 0 saturated carbocycles. The molecule has 3 rings (SSSR count). The maximum absolute atomic E-state index is 13.0. The Balaban J connectivity index is 1.89. The van der Waals surface area contributed by atoms with E-state index in [0.29, 0.717) is 12.0 Å². The van der Waals surface area contributed by atoms with Crippen LogP contribution >= 0.6 is 0 Å². The molecule has 2 aromatic rings. The van der Waals surface area contributed by atoms with Gasteiger partial charge in [-0.05, 0) is 41.8 Å². The third kappa shape index (κ3) is 3.14. The van der Waals surface area contributed by atoms with Gasteiger partial charge in [-0.25, -0.2) is 0 Å². The molecule has 1 fully saturated rings. The topological polar surface area (TPSA) is 32.3 Å². The monoisotopic (exact) mass is 296 g/mol. The number of benzene rings is 2. The maximum atomic E-state index is 13.0. The predicted octanol–water partition coefficient (Wildman–Crippen LogP) is 3.30. The SMILES string of the molecule is CC(C)CN(C(=O)c1ccc2ccccc2c1)C1CCNC1. The van der Waals surface area contributed by atoms with Crippen LogP contribution in [0.1, 0.15) is 30.6 Å². The van der Waals surface area contributed by atoms with Gasteiger partial charge >= 0.3 is 0 Å². The molecule has 1 aliphatic rings. The van der Waals surface area contributed by atoms with Gasteiger partial charge < -0.3 is 10.2 Å². The highest BCUT2D eigenvalue weighted by Crippen LogP contribution is 2.20. The average molecular weight is 296 g/mol. The molecule has 116 valence electrons. The van der Waals surface area contributed by atoms with Gasteiger partial charge in [0.15, 0.2) is 0 Å². The normalized spacial score (nSPS) is 18.0. The fourth-order valence-electron chi connectivity index (χ4n) is 3.18. The molecule has 1 N–H and O–H groups in total. The molecule has 22 heavy (non-hydrogen) atoms. The Labute approximate surface area is 132 Å². The number of rotatable bonds is 4. The third-order valence-electron chi connectivity index (χ3n) is 4.29. The van der Waals surface area contributed by atoms with E-state index in [0.717, 1.165) is 37.0 Å². The van der Waals surface area contributed by atoms with Crippen molar-refractivity contribution in [2.45, 2.75) is 26.3 Å². The van der Waals surface area contributed by atoms with E-state index < -0.39 is 0 Å². The van der Waals surface area contributed by atoms with Crippen molar-refractivity contribution in [3.63, 3.8) is 0 Å². The van der Waals surface area contributed by atoms with Crippen molar-refractivity contribution < 1.29 is 4.79 Å². The Morgan fingerprint density at radius 2 is 2.00 bits per heavy atom. The van der Waals surface area contributed by atoms with Crippen LogP contribution in [0, 0.1) is 5.92 Å². The highest BCUT2D eigenvalue weighted by molar-refractivity contribution is 5.98. The van der Waals surface area contributed by atoms with Crippen LogP contribution in [0.25, 0.3) is 10.8 Å². The molecule has 1 unspecified atom stereocenters. The zero-order chi connectivity index (χ0) is 15.5. The summed E-state index contributed by atoms with van der Waals surface area (Å²) in [6.45, 7) is 7.07. The second-order valence-corrected chi connectivity index (χ2v) is 6.56. The van der Waals surface area contributed by atoms with E-state index in [2.05, 4.69) is 36.2 Å². The summed E-state index contributed by atoms with van der Waals surface area (Å²) in [5.41, 5.74) is 0.797. The van der Waals surface area contributed by atoms with Crippen molar-refractivity contribution >= 4 is 16.7 Å². The standard InChI is InChI=1S/C19H24N2O/c1-14(2)13-21(18-9-10-20-12-18)19(22)17-8-7-15-5-3-4-6-16(15)11-17/h3-8,11,14,18,20H,9-10,12-13H2,1-2H3. The highest BCUT2D eigenvalue weighted by atomic mass is 16.2. The van der Waals surface area contributed by atoms with Gasteiger partial charge in [-0.1, -0.05) is 44.2 Å². The molecule has 0 aromatic heterocycles. The van der Waals surface area contributed by atoms with E-state index in [9.17, 15) is 4.79 Å². The largest absolute Gasteiger partial charge is 0.334 e. The smallest absolute Gasteiger partial charge is 0.254 e. The number of hydrogen-bond donors (Lipinski definition) is 1. The number of nitrogens with one attached hydrogen (secondary N) is 1. The molecule has 1 aliphatic heterocycles. The molecule has 1 amide bonds. The van der Waals surface area contributed by atoms with Gasteiger partial charge in [0, 0.05) is 24.7 Å². The van der Waals surface area contributed by atoms with Crippen molar-refractivity contribution in [3.8, 4) is 0 Å². The molecule has 0 radical (unpaired) electrons. The lowest BCUT2D eigenvalue weighted by Crippen LogP contribution is -2.43. The molecular formula is C19H24N2O. The summed E-state index contributed by atoms with van der Waals surface area (Å²) in [4.78, 5) is 15.1. The van der Waals surface area contributed by atoms with E-state index in [1.54, 1.807) is 0 Å². The lowest BCUT2D eigenvalue weighted by Gasteiger charge is -2.30. The van der Waals surface area contributed by atoms with Crippen molar-refractivity contribution in [3.05, 3.63) is 48.0 Å². The Bertz CT molecular complexity index is 659. The van der Waals surface area contributed by atoms with Crippen molar-refractivity contribution in [2.24, 2.45) is 5.92 Å². The van der Waals surface area contributed by atoms with Gasteiger partial charge in [-0.2, -0.15) is 0 Å². The van der Waals surface area contributed by atoms with E-state index in [1.165, 1.54) is 5.39 Å². The Hall–Kier alpha value is -1.87. The van der Waals surface area contributed by atoms with Crippen LogP contribution in [0.4, 0.5) is 0 Å². The van der Waals surface area contributed by atoms with Crippen LogP contribution in [-0.4, -0.2) is 36.5 Å². The van der Waals surface area contributed by atoms with Crippen molar-refractivity contribution in [2.75, 3.05) is 19.6 Å². The summed E-state index contributed by atoms with van der Waals surface area (Å²) in [6, 6.07) is 14.5. The Morgan fingerprint density at radius 1 is 1.23 bits per heavy atom. The van der Waals surface area contributed by atoms with Gasteiger partial charge in [0.2, 0.25) is 0 Å². The minimum Gasteiger partial charge on any atom is -0.334 e. The first-order valence-electron chi connectivity index (χ1n) is 8.15. The summed E-state index contributed by atoms with van der Waals surface area (Å²) >= 11 is 0. The predicted molar refractivity (Wildman–Crippen MR) is 91.1 cm³/mol. The summed E-state index contributed by atoms with van der Waals surface area (Å²) in [5, 5.41) is 5.67. The van der Waals surface area contributed by atoms with Gasteiger partial charge in [0.25, 0.3) is 5.91 Å². The zero-order valence-corrected chi connectivity index (χ0v) is 13.4. The summed E-state index contributed by atoms with van der Waals surface area (Å²) in [7, 11) is 0. The lowest BCUT2D eigenvalue weighted by atomic mass is 10.0. The van der Waals surface area contributed by atoms with Crippen molar-refractivity contribution in [1.82, 2.24) is 10.2 Å². The summed E-state index contributed by atoms with van der Waals surface area (Å²) in [6.07, 6.45) is 1.05. The molecule has 1 atom stereocenters. The molecule has 1 heterocycles. The minimum atomic E-state index is 0.160. The molecular weight excluding hydrogens is 272 g/mol. The van der Waals surface area contributed by atoms with Crippen LogP contribution < -0.4 is 5.32 Å². The molecule has 1 saturated heterocycles. The molecule has 0 spiro atoms. The fraction of sp³-hybridized carbons (Fsp3) is 0.421. The highest BCUT2D eigenvalue weighted by Gasteiger charge is 2.27. The number of nitrogens with zero attached hydrogens (tertiary/aromatic N) is 1. The van der Waals surface area contributed by atoms with E-state index in [-0.39, 0.29) is 5.91 Å². The Morgan fingerprint density at radius 3 is 2.68 bits per heavy atom. The summed E-state index contributed by atoms with van der Waals surface area (Å²) < 4.78 is 0. The molecule has 3 nitrogen and oxygen atoms in total. The van der Waals surface area contributed by atoms with Crippen LogP contribution in [0.3, 0.4) is 0 Å². The first-order chi connectivity index (χ1) is 10.6. The summed E-state index contributed by atoms with van der Waals surface area (Å²) in [5.74, 6) is 0.637. The fourth-order valence-corrected chi connectivity index (χ4v) is 3.18. The average Bonchev–Trinajstić information content (AvgIpc) is 3.05. The van der Waals surface area contributed by atoms with Crippen molar-refractivity contribution in [1.29, 1.82) is 0 Å². The quantitative estimate of drug-likeness (QED) is 0.939. The van der Waals surface area contributed by atoms with Crippen LogP contribution in [0.15, 0.2) is 42.5 Å². The molecule has 3 heteroatoms. The second-order valence-electron chi connectivity index (χ2n) is 6.56. The number of fused-ring (bicyclic) bond motifs is 1. The van der Waals surface area contributed by atoms with Gasteiger partial charge in [-0.15, -0.1) is 0 Å². The molecule has 0 bridgehead atoms. The second kappa shape index (κ2) is 6.49. The van der Waals surface area contributed by atoms with Crippen LogP contribution in [0.5, 0.6) is 0 Å².